The summed E-state index contributed by atoms with van der Waals surface area (Å²) in [6.45, 7) is 13.8. The number of carbonyl (C=O) groups is 1. The number of nitrogens with one attached hydrogen (secondary N) is 1. The number of nitrogens with zero attached hydrogens (tertiary/aromatic N) is 2. The van der Waals surface area contributed by atoms with E-state index < -0.39 is 0 Å². The predicted octanol–water partition coefficient (Wildman–Crippen LogP) is 3.19. The van der Waals surface area contributed by atoms with Gasteiger partial charge in [-0.2, -0.15) is 0 Å². The molecule has 1 heterocycles. The first-order chi connectivity index (χ1) is 10.3. The molecule has 0 aromatic heterocycles. The number of piperazine rings is 1. The Balaban J connectivity index is 2.02. The molecule has 1 aliphatic heterocycles. The minimum absolute atomic E-state index is 0.0487. The number of hydrogen-bond acceptors (Lipinski definition) is 2. The molecule has 2 rings (SSSR count). The van der Waals surface area contributed by atoms with Crippen molar-refractivity contribution >= 4 is 11.7 Å². The number of urea groups is 1. The molecule has 0 bridgehead atoms. The Morgan fingerprint density at radius 2 is 1.82 bits per heavy atom. The number of benzene rings is 1. The van der Waals surface area contributed by atoms with Gasteiger partial charge in [0.2, 0.25) is 0 Å². The monoisotopic (exact) mass is 303 g/mol. The molecule has 0 radical (unpaired) electrons. The average molecular weight is 303 g/mol. The van der Waals surface area contributed by atoms with Crippen molar-refractivity contribution < 1.29 is 4.79 Å². The molecule has 0 aliphatic carbocycles. The largest absolute Gasteiger partial charge is 0.368 e. The van der Waals surface area contributed by atoms with E-state index in [1.807, 2.05) is 25.7 Å². The van der Waals surface area contributed by atoms with Crippen LogP contribution in [-0.4, -0.2) is 42.6 Å². The molecular formula is C18H29N3O. The summed E-state index contributed by atoms with van der Waals surface area (Å²) in [6.07, 6.45) is 1.04. The minimum atomic E-state index is -0.181. The minimum Gasteiger partial charge on any atom is -0.368 e. The molecule has 0 unspecified atom stereocenters. The summed E-state index contributed by atoms with van der Waals surface area (Å²) < 4.78 is 0. The molecule has 4 nitrogen and oxygen atoms in total. The molecule has 22 heavy (non-hydrogen) atoms. The van der Waals surface area contributed by atoms with Crippen molar-refractivity contribution in [3.8, 4) is 0 Å². The molecule has 122 valence electrons. The summed E-state index contributed by atoms with van der Waals surface area (Å²) in [5.74, 6) is 0. The van der Waals surface area contributed by atoms with E-state index in [4.69, 9.17) is 0 Å². The van der Waals surface area contributed by atoms with Gasteiger partial charge in [-0.25, -0.2) is 4.79 Å². The molecule has 0 saturated carbocycles. The van der Waals surface area contributed by atoms with Gasteiger partial charge >= 0.3 is 6.03 Å². The lowest BCUT2D eigenvalue weighted by molar-refractivity contribution is 0.185. The second-order valence-electron chi connectivity index (χ2n) is 7.09. The van der Waals surface area contributed by atoms with Gasteiger partial charge in [0, 0.05) is 37.4 Å². The fraction of sp³-hybridized carbons (Fsp3) is 0.611. The number of carbonyl (C=O) groups excluding carboxylic acids is 1. The lowest BCUT2D eigenvalue weighted by Crippen LogP contribution is -2.55. The standard InChI is InChI=1S/C18H29N3O/c1-6-15-9-7-8-14(2)16(15)20-10-12-21(13-11-20)17(22)19-18(3,4)5/h7-9H,6,10-13H2,1-5H3,(H,19,22). The quantitative estimate of drug-likeness (QED) is 0.911. The average Bonchev–Trinajstić information content (AvgIpc) is 2.45. The van der Waals surface area contributed by atoms with Crippen LogP contribution in [0.15, 0.2) is 18.2 Å². The Hall–Kier alpha value is -1.71. The van der Waals surface area contributed by atoms with Gasteiger partial charge in [-0.05, 0) is 45.2 Å². The lowest BCUT2D eigenvalue weighted by Gasteiger charge is -2.38. The maximum absolute atomic E-state index is 12.2. The number of rotatable bonds is 2. The highest BCUT2D eigenvalue weighted by Gasteiger charge is 2.25. The molecule has 1 aromatic carbocycles. The zero-order valence-electron chi connectivity index (χ0n) is 14.6. The Labute approximate surface area is 134 Å². The molecule has 1 aliphatic rings. The third-order valence-electron chi connectivity index (χ3n) is 4.07. The number of anilines is 1. The van der Waals surface area contributed by atoms with Gasteiger partial charge < -0.3 is 15.1 Å². The molecular weight excluding hydrogens is 274 g/mol. The number of aryl methyl sites for hydroxylation is 2. The summed E-state index contributed by atoms with van der Waals surface area (Å²) in [5, 5.41) is 3.05. The zero-order valence-corrected chi connectivity index (χ0v) is 14.6. The fourth-order valence-electron chi connectivity index (χ4n) is 2.99. The van der Waals surface area contributed by atoms with Gasteiger partial charge in [-0.15, -0.1) is 0 Å². The lowest BCUT2D eigenvalue weighted by atomic mass is 10.0. The summed E-state index contributed by atoms with van der Waals surface area (Å²) >= 11 is 0. The van der Waals surface area contributed by atoms with Crippen LogP contribution in [0.4, 0.5) is 10.5 Å². The van der Waals surface area contributed by atoms with Crippen molar-refractivity contribution in [2.75, 3.05) is 31.1 Å². The normalized spacial score (nSPS) is 15.9. The van der Waals surface area contributed by atoms with E-state index in [1.165, 1.54) is 16.8 Å². The van der Waals surface area contributed by atoms with E-state index in [2.05, 4.69) is 42.3 Å². The van der Waals surface area contributed by atoms with Gasteiger partial charge in [0.15, 0.2) is 0 Å². The SMILES string of the molecule is CCc1cccc(C)c1N1CCN(C(=O)NC(C)(C)C)CC1. The van der Waals surface area contributed by atoms with E-state index in [0.29, 0.717) is 0 Å². The van der Waals surface area contributed by atoms with Crippen LogP contribution in [0.1, 0.15) is 38.8 Å². The van der Waals surface area contributed by atoms with Crippen molar-refractivity contribution in [2.24, 2.45) is 0 Å². The van der Waals surface area contributed by atoms with E-state index in [9.17, 15) is 4.79 Å². The van der Waals surface area contributed by atoms with E-state index in [0.717, 1.165) is 32.6 Å². The second-order valence-corrected chi connectivity index (χ2v) is 7.09. The molecule has 1 N–H and O–H groups in total. The maximum atomic E-state index is 12.2. The number of amides is 2. The topological polar surface area (TPSA) is 35.6 Å². The van der Waals surface area contributed by atoms with Crippen molar-refractivity contribution in [3.63, 3.8) is 0 Å². The highest BCUT2D eigenvalue weighted by atomic mass is 16.2. The molecule has 1 aromatic rings. The van der Waals surface area contributed by atoms with E-state index in [1.54, 1.807) is 0 Å². The third kappa shape index (κ3) is 3.93. The predicted molar refractivity (Wildman–Crippen MR) is 92.6 cm³/mol. The molecule has 4 heteroatoms. The van der Waals surface area contributed by atoms with Gasteiger partial charge in [0.1, 0.15) is 0 Å². The fourth-order valence-corrected chi connectivity index (χ4v) is 2.99. The number of para-hydroxylation sites is 1. The molecule has 1 fully saturated rings. The third-order valence-corrected chi connectivity index (χ3v) is 4.07. The van der Waals surface area contributed by atoms with Crippen LogP contribution in [0.2, 0.25) is 0 Å². The Morgan fingerprint density at radius 3 is 2.36 bits per heavy atom. The van der Waals surface area contributed by atoms with Crippen LogP contribution in [0.5, 0.6) is 0 Å². The Morgan fingerprint density at radius 1 is 1.18 bits per heavy atom. The van der Waals surface area contributed by atoms with Crippen LogP contribution in [0.25, 0.3) is 0 Å². The van der Waals surface area contributed by atoms with Gasteiger partial charge in [0.05, 0.1) is 0 Å². The first-order valence-electron chi connectivity index (χ1n) is 8.22. The van der Waals surface area contributed by atoms with Crippen molar-refractivity contribution in [1.29, 1.82) is 0 Å². The highest BCUT2D eigenvalue weighted by molar-refractivity contribution is 5.75. The van der Waals surface area contributed by atoms with Crippen LogP contribution in [0.3, 0.4) is 0 Å². The molecule has 1 saturated heterocycles. The summed E-state index contributed by atoms with van der Waals surface area (Å²) in [4.78, 5) is 16.6. The maximum Gasteiger partial charge on any atom is 0.317 e. The summed E-state index contributed by atoms with van der Waals surface area (Å²) in [6, 6.07) is 6.56. The van der Waals surface area contributed by atoms with Crippen LogP contribution in [0, 0.1) is 6.92 Å². The van der Waals surface area contributed by atoms with Gasteiger partial charge in [-0.1, -0.05) is 25.1 Å². The summed E-state index contributed by atoms with van der Waals surface area (Å²) in [5.41, 5.74) is 3.90. The van der Waals surface area contributed by atoms with Crippen LogP contribution < -0.4 is 10.2 Å². The van der Waals surface area contributed by atoms with E-state index in [-0.39, 0.29) is 11.6 Å². The van der Waals surface area contributed by atoms with Crippen molar-refractivity contribution in [1.82, 2.24) is 10.2 Å². The molecule has 0 atom stereocenters. The van der Waals surface area contributed by atoms with Crippen molar-refractivity contribution in [2.45, 2.75) is 46.6 Å². The smallest absolute Gasteiger partial charge is 0.317 e. The van der Waals surface area contributed by atoms with Crippen LogP contribution >= 0.6 is 0 Å². The van der Waals surface area contributed by atoms with Gasteiger partial charge in [0.25, 0.3) is 0 Å². The Kier molecular flexibility index (Phi) is 4.99. The zero-order chi connectivity index (χ0) is 16.3. The molecule has 0 spiro atoms. The van der Waals surface area contributed by atoms with E-state index >= 15 is 0 Å². The first-order valence-corrected chi connectivity index (χ1v) is 8.22. The van der Waals surface area contributed by atoms with Crippen LogP contribution in [-0.2, 0) is 6.42 Å². The molecule has 2 amide bonds. The van der Waals surface area contributed by atoms with Crippen molar-refractivity contribution in [3.05, 3.63) is 29.3 Å². The Bertz CT molecular complexity index is 526. The number of hydrogen-bond donors (Lipinski definition) is 1. The first kappa shape index (κ1) is 16.7. The van der Waals surface area contributed by atoms with Gasteiger partial charge in [-0.3, -0.25) is 0 Å². The highest BCUT2D eigenvalue weighted by Crippen LogP contribution is 2.26. The summed E-state index contributed by atoms with van der Waals surface area (Å²) in [7, 11) is 0. The second kappa shape index (κ2) is 6.59.